The van der Waals surface area contributed by atoms with Gasteiger partial charge < -0.3 is 14.4 Å². The molecule has 8 aromatic carbocycles. The largest absolute Gasteiger partial charge is 3.00 e. The molecular weight excluding hydrogens is 1050 g/mol. The van der Waals surface area contributed by atoms with E-state index in [1.54, 1.807) is 0 Å². The van der Waals surface area contributed by atoms with Crippen molar-refractivity contribution in [2.45, 2.75) is 25.7 Å². The molecule has 0 saturated heterocycles. The van der Waals surface area contributed by atoms with E-state index < -0.39 is 0 Å². The molecule has 4 nitrogen and oxygen atoms in total. The minimum atomic E-state index is 0. The third-order valence-corrected chi connectivity index (χ3v) is 13.4. The van der Waals surface area contributed by atoms with E-state index in [1.165, 1.54) is 44.5 Å². The van der Waals surface area contributed by atoms with Crippen molar-refractivity contribution in [3.63, 3.8) is 0 Å². The van der Waals surface area contributed by atoms with Gasteiger partial charge in [0.05, 0.1) is 0 Å². The fourth-order valence-electron chi connectivity index (χ4n) is 9.66. The number of hydrogen-bond donors (Lipinski definition) is 0. The van der Waals surface area contributed by atoms with E-state index in [-0.39, 0.29) is 20.1 Å². The fraction of sp³-hybridized carbons (Fsp3) is 0.0597. The molecule has 0 N–H and O–H groups in total. The maximum atomic E-state index is 6.17. The molecule has 12 rings (SSSR count). The Morgan fingerprint density at radius 1 is 0.347 bits per heavy atom. The Bertz CT molecular complexity index is 3670. The summed E-state index contributed by atoms with van der Waals surface area (Å²) in [5.41, 5.74) is 22.3. The van der Waals surface area contributed by atoms with Gasteiger partial charge >= 0.3 is 20.1 Å². The standard InChI is InChI=1S/C67H46N3O.Ir/c1-2-12-50(13-3-1)51-32-34-52(35-33-51)61-45-55(64-38-39-66-67(70-64)60-16-6-7-19-65(60)71-66)36-37-59(61)58-15-5-4-14-57(58)56-43-48(22-20-46-24-28-53(29-25-46)62-17-8-10-40-68-62)42-49(44-56)23-21-47-26-30-54(31-27-47)63-18-9-11-41-69-63;/h1-19,24-28,30,32-35,37-45H,20-23H2;/q-3;+3. The zero-order valence-corrected chi connectivity index (χ0v) is 41.7. The first-order valence-electron chi connectivity index (χ1n) is 24.2. The van der Waals surface area contributed by atoms with Crippen LogP contribution in [0.15, 0.2) is 235 Å². The first-order valence-corrected chi connectivity index (χ1v) is 24.2. The second-order valence-corrected chi connectivity index (χ2v) is 18.0. The van der Waals surface area contributed by atoms with E-state index in [9.17, 15) is 0 Å². The minimum Gasteiger partial charge on any atom is -0.454 e. The molecule has 72 heavy (non-hydrogen) atoms. The summed E-state index contributed by atoms with van der Waals surface area (Å²) in [6, 6.07) is 87.7. The Kier molecular flexibility index (Phi) is 13.4. The smallest absolute Gasteiger partial charge is 0.454 e. The van der Waals surface area contributed by atoms with Crippen molar-refractivity contribution >= 4 is 22.1 Å². The molecule has 0 unspecified atom stereocenters. The van der Waals surface area contributed by atoms with Gasteiger partial charge in [0.25, 0.3) is 0 Å². The summed E-state index contributed by atoms with van der Waals surface area (Å²) >= 11 is 0. The summed E-state index contributed by atoms with van der Waals surface area (Å²) in [5, 5.41) is 1.00. The molecule has 0 spiro atoms. The number of fused-ring (bicyclic) bond motifs is 3. The molecule has 344 valence electrons. The predicted octanol–water partition coefficient (Wildman–Crippen LogP) is 16.4. The Balaban J connectivity index is 0.00000560. The zero-order valence-electron chi connectivity index (χ0n) is 39.4. The molecule has 0 saturated carbocycles. The molecule has 5 heteroatoms. The van der Waals surface area contributed by atoms with Crippen molar-refractivity contribution in [3.05, 3.63) is 271 Å². The third-order valence-electron chi connectivity index (χ3n) is 13.4. The number of hydrogen-bond acceptors (Lipinski definition) is 4. The molecule has 0 atom stereocenters. The summed E-state index contributed by atoms with van der Waals surface area (Å²) in [7, 11) is 0. The van der Waals surface area contributed by atoms with Crippen LogP contribution in [0.25, 0.3) is 100 Å². The van der Waals surface area contributed by atoms with E-state index in [1.807, 2.05) is 79.1 Å². The van der Waals surface area contributed by atoms with E-state index in [0.717, 1.165) is 104 Å². The first-order chi connectivity index (χ1) is 35.1. The van der Waals surface area contributed by atoms with Crippen molar-refractivity contribution in [2.75, 3.05) is 0 Å². The number of benzene rings is 8. The van der Waals surface area contributed by atoms with Crippen LogP contribution in [-0.2, 0) is 45.8 Å². The normalized spacial score (nSPS) is 11.2. The van der Waals surface area contributed by atoms with E-state index in [4.69, 9.17) is 9.40 Å². The van der Waals surface area contributed by atoms with Gasteiger partial charge in [-0.25, -0.2) is 0 Å². The van der Waals surface area contributed by atoms with Gasteiger partial charge in [0.2, 0.25) is 0 Å². The van der Waals surface area contributed by atoms with Crippen LogP contribution < -0.4 is 0 Å². The number of pyridine rings is 3. The Morgan fingerprint density at radius 3 is 1.56 bits per heavy atom. The Morgan fingerprint density at radius 2 is 0.917 bits per heavy atom. The minimum absolute atomic E-state index is 0. The van der Waals surface area contributed by atoms with Crippen molar-refractivity contribution in [2.24, 2.45) is 0 Å². The molecule has 0 bridgehead atoms. The Hall–Kier alpha value is -8.34. The van der Waals surface area contributed by atoms with Crippen molar-refractivity contribution < 1.29 is 24.5 Å². The molecule has 0 amide bonds. The van der Waals surface area contributed by atoms with Crippen molar-refractivity contribution in [1.29, 1.82) is 0 Å². The fourth-order valence-corrected chi connectivity index (χ4v) is 9.66. The first kappa shape index (κ1) is 46.1. The molecule has 0 fully saturated rings. The molecule has 0 aliphatic carbocycles. The van der Waals surface area contributed by atoms with Gasteiger partial charge in [-0.2, -0.15) is 0 Å². The van der Waals surface area contributed by atoms with Gasteiger partial charge in [0.1, 0.15) is 11.1 Å². The molecule has 0 aliphatic heterocycles. The monoisotopic (exact) mass is 1100 g/mol. The van der Waals surface area contributed by atoms with Crippen LogP contribution >= 0.6 is 0 Å². The summed E-state index contributed by atoms with van der Waals surface area (Å²) in [6.45, 7) is 0. The predicted molar refractivity (Wildman–Crippen MR) is 289 cm³/mol. The second-order valence-electron chi connectivity index (χ2n) is 18.0. The van der Waals surface area contributed by atoms with Gasteiger partial charge in [-0.15, -0.1) is 94.5 Å². The van der Waals surface area contributed by atoms with Crippen LogP contribution in [0.4, 0.5) is 0 Å². The van der Waals surface area contributed by atoms with Crippen molar-refractivity contribution in [1.82, 2.24) is 15.0 Å². The summed E-state index contributed by atoms with van der Waals surface area (Å²) in [5.74, 6) is 0. The third kappa shape index (κ3) is 9.86. The van der Waals surface area contributed by atoms with Crippen LogP contribution in [0.2, 0.25) is 0 Å². The van der Waals surface area contributed by atoms with E-state index in [0.29, 0.717) is 0 Å². The number of aromatic nitrogens is 3. The number of nitrogens with zero attached hydrogens (tertiary/aromatic N) is 3. The van der Waals surface area contributed by atoms with Crippen LogP contribution in [0.1, 0.15) is 22.3 Å². The number of furan rings is 1. The van der Waals surface area contributed by atoms with Crippen LogP contribution in [-0.4, -0.2) is 15.0 Å². The van der Waals surface area contributed by atoms with Crippen molar-refractivity contribution in [3.8, 4) is 78.3 Å². The maximum Gasteiger partial charge on any atom is 3.00 e. The summed E-state index contributed by atoms with van der Waals surface area (Å²) in [4.78, 5) is 14.3. The van der Waals surface area contributed by atoms with Gasteiger partial charge in [0, 0.05) is 17.8 Å². The van der Waals surface area contributed by atoms with Gasteiger partial charge in [-0.3, -0.25) is 4.98 Å². The molecule has 0 aliphatic rings. The van der Waals surface area contributed by atoms with Crippen LogP contribution in [0.5, 0.6) is 0 Å². The molecular formula is C67H46IrN3O. The number of aryl methyl sites for hydroxylation is 4. The number of rotatable bonds is 13. The van der Waals surface area contributed by atoms with Crippen LogP contribution in [0.3, 0.4) is 0 Å². The maximum absolute atomic E-state index is 6.17. The quantitative estimate of drug-likeness (QED) is 0.108. The Labute approximate surface area is 434 Å². The molecule has 12 aromatic rings. The molecule has 0 radical (unpaired) electrons. The average Bonchev–Trinajstić information content (AvgIpc) is 3.83. The SMILES string of the molecule is [Ir+3].[c-]1cc(CCc2cc(CCc3c[c-]c(-c4ccccn4)cc3)cc(-c3ccccc3-c3c[c-]c(-c4ccc5oc6ccccc6c5n4)cc3-c3ccc(-c4ccccc4)cc3)c2)ccc1-c1ccccn1. The second kappa shape index (κ2) is 20.9. The van der Waals surface area contributed by atoms with E-state index in [2.05, 4.69) is 180 Å². The van der Waals surface area contributed by atoms with Crippen LogP contribution in [0, 0.1) is 18.2 Å². The van der Waals surface area contributed by atoms with Gasteiger partial charge in [0.15, 0.2) is 5.58 Å². The van der Waals surface area contributed by atoms with E-state index >= 15 is 0 Å². The summed E-state index contributed by atoms with van der Waals surface area (Å²) < 4.78 is 6.17. The average molecular weight is 1100 g/mol. The zero-order chi connectivity index (χ0) is 47.3. The topological polar surface area (TPSA) is 51.8 Å². The van der Waals surface area contributed by atoms with Gasteiger partial charge in [-0.1, -0.05) is 169 Å². The summed E-state index contributed by atoms with van der Waals surface area (Å²) in [6.07, 6.45) is 7.21. The molecule has 4 aromatic heterocycles. The number of para-hydroxylation sites is 1. The molecule has 4 heterocycles. The van der Waals surface area contributed by atoms with Gasteiger partial charge in [-0.05, 0) is 99.2 Å².